The first kappa shape index (κ1) is 22.6. The van der Waals surface area contributed by atoms with E-state index in [4.69, 9.17) is 26.4 Å². The Hall–Kier alpha value is -3.14. The largest absolute Gasteiger partial charge is 0.454 e. The van der Waals surface area contributed by atoms with Gasteiger partial charge in [-0.15, -0.1) is 0 Å². The molecule has 0 atom stereocenters. The number of nitrogens with one attached hydrogen (secondary N) is 2. The van der Waals surface area contributed by atoms with Gasteiger partial charge in [0.2, 0.25) is 6.79 Å². The van der Waals surface area contributed by atoms with Crippen molar-refractivity contribution in [3.8, 4) is 11.5 Å². The highest BCUT2D eigenvalue weighted by Crippen LogP contribution is 2.35. The minimum Gasteiger partial charge on any atom is -0.454 e. The van der Waals surface area contributed by atoms with E-state index in [9.17, 15) is 4.79 Å². The molecule has 5 rings (SSSR count). The predicted octanol–water partition coefficient (Wildman–Crippen LogP) is 2.47. The maximum absolute atomic E-state index is 12.9. The van der Waals surface area contributed by atoms with Crippen molar-refractivity contribution >= 4 is 28.2 Å². The first-order valence-corrected chi connectivity index (χ1v) is 11.9. The molecule has 2 N–H and O–H groups in total. The average Bonchev–Trinajstić information content (AvgIpc) is 3.32. The molecule has 1 aromatic heterocycles. The van der Waals surface area contributed by atoms with Gasteiger partial charge in [0.05, 0.1) is 25.3 Å². The second kappa shape index (κ2) is 10.4. The lowest BCUT2D eigenvalue weighted by atomic mass is 10.1. The molecule has 178 valence electrons. The van der Waals surface area contributed by atoms with Crippen LogP contribution in [0.4, 0.5) is 0 Å². The summed E-state index contributed by atoms with van der Waals surface area (Å²) in [6, 6.07) is 15.8. The van der Waals surface area contributed by atoms with E-state index in [0.717, 1.165) is 49.3 Å². The molecule has 34 heavy (non-hydrogen) atoms. The zero-order valence-electron chi connectivity index (χ0n) is 18.9. The Bertz CT molecular complexity index is 1210. The van der Waals surface area contributed by atoms with E-state index in [-0.39, 0.29) is 12.4 Å². The summed E-state index contributed by atoms with van der Waals surface area (Å²) in [5.41, 5.74) is 2.39. The lowest BCUT2D eigenvalue weighted by Crippen LogP contribution is -2.46. The Labute approximate surface area is 203 Å². The molecule has 0 radical (unpaired) electrons. The number of H-pyrrole nitrogens is 1. The SMILES string of the molecule is O=c1[nH]c2cc3c(cc2cc1CN(CCN1CCOCC1)C(=S)NCc1ccccc1)OCO3. The Balaban J connectivity index is 1.34. The van der Waals surface area contributed by atoms with E-state index in [2.05, 4.69) is 32.2 Å². The van der Waals surface area contributed by atoms with Gasteiger partial charge in [0.1, 0.15) is 0 Å². The Morgan fingerprint density at radius 2 is 1.85 bits per heavy atom. The number of hydrogen-bond donors (Lipinski definition) is 2. The number of fused-ring (bicyclic) bond motifs is 2. The van der Waals surface area contributed by atoms with Crippen LogP contribution in [-0.2, 0) is 17.8 Å². The van der Waals surface area contributed by atoms with Crippen LogP contribution in [0.25, 0.3) is 10.9 Å². The molecule has 2 aliphatic rings. The van der Waals surface area contributed by atoms with Crippen LogP contribution in [0.15, 0.2) is 53.3 Å². The maximum atomic E-state index is 12.9. The quantitative estimate of drug-likeness (QED) is 0.500. The molecule has 0 aliphatic carbocycles. The predicted molar refractivity (Wildman–Crippen MR) is 134 cm³/mol. The molecule has 0 unspecified atom stereocenters. The van der Waals surface area contributed by atoms with Gasteiger partial charge in [-0.05, 0) is 29.9 Å². The second-order valence-corrected chi connectivity index (χ2v) is 8.82. The number of rotatable bonds is 7. The fourth-order valence-electron chi connectivity index (χ4n) is 4.19. The molecule has 2 aromatic carbocycles. The van der Waals surface area contributed by atoms with Gasteiger partial charge >= 0.3 is 0 Å². The molecule has 9 heteroatoms. The summed E-state index contributed by atoms with van der Waals surface area (Å²) < 4.78 is 16.4. The first-order valence-electron chi connectivity index (χ1n) is 11.5. The van der Waals surface area contributed by atoms with E-state index in [0.29, 0.717) is 41.8 Å². The van der Waals surface area contributed by atoms with Crippen molar-refractivity contribution in [2.24, 2.45) is 0 Å². The summed E-state index contributed by atoms with van der Waals surface area (Å²) >= 11 is 5.77. The molecule has 1 saturated heterocycles. The van der Waals surface area contributed by atoms with Gasteiger partial charge < -0.3 is 29.4 Å². The van der Waals surface area contributed by atoms with Crippen LogP contribution >= 0.6 is 12.2 Å². The number of ether oxygens (including phenoxy) is 3. The van der Waals surface area contributed by atoms with Crippen LogP contribution in [0.5, 0.6) is 11.5 Å². The molecule has 2 aliphatic heterocycles. The molecule has 1 fully saturated rings. The van der Waals surface area contributed by atoms with E-state index in [1.165, 1.54) is 0 Å². The summed E-state index contributed by atoms with van der Waals surface area (Å²) in [7, 11) is 0. The van der Waals surface area contributed by atoms with Crippen LogP contribution < -0.4 is 20.3 Å². The van der Waals surface area contributed by atoms with Gasteiger partial charge in [0.25, 0.3) is 5.56 Å². The van der Waals surface area contributed by atoms with Crippen LogP contribution in [0, 0.1) is 0 Å². The highest BCUT2D eigenvalue weighted by atomic mass is 32.1. The molecular weight excluding hydrogens is 452 g/mol. The molecule has 8 nitrogen and oxygen atoms in total. The minimum absolute atomic E-state index is 0.131. The molecule has 0 saturated carbocycles. The van der Waals surface area contributed by atoms with Crippen molar-refractivity contribution in [3.05, 3.63) is 70.0 Å². The molecule has 0 bridgehead atoms. The molecular formula is C25H28N4O4S. The van der Waals surface area contributed by atoms with Gasteiger partial charge in [-0.3, -0.25) is 9.69 Å². The van der Waals surface area contributed by atoms with E-state index in [1.807, 2.05) is 36.4 Å². The number of nitrogens with zero attached hydrogens (tertiary/aromatic N) is 2. The number of aromatic amines is 1. The van der Waals surface area contributed by atoms with Crippen LogP contribution in [0.3, 0.4) is 0 Å². The zero-order chi connectivity index (χ0) is 23.3. The van der Waals surface area contributed by atoms with E-state index in [1.54, 1.807) is 0 Å². The Morgan fingerprint density at radius 1 is 1.09 bits per heavy atom. The van der Waals surface area contributed by atoms with Gasteiger partial charge in [-0.2, -0.15) is 0 Å². The van der Waals surface area contributed by atoms with Crippen molar-refractivity contribution in [2.45, 2.75) is 13.1 Å². The number of hydrogen-bond acceptors (Lipinski definition) is 6. The highest BCUT2D eigenvalue weighted by molar-refractivity contribution is 7.80. The number of morpholine rings is 1. The average molecular weight is 481 g/mol. The van der Waals surface area contributed by atoms with Crippen molar-refractivity contribution in [1.82, 2.24) is 20.1 Å². The fourth-order valence-corrected chi connectivity index (χ4v) is 4.42. The van der Waals surface area contributed by atoms with Crippen molar-refractivity contribution in [2.75, 3.05) is 46.2 Å². The normalized spacial score (nSPS) is 15.4. The standard InChI is InChI=1S/C25H28N4O4S/c30-24-20(12-19-13-22-23(33-17-32-22)14-21(19)27-24)16-29(7-6-28-8-10-31-11-9-28)25(34)26-15-18-4-2-1-3-5-18/h1-5,12-14H,6-11,15-17H2,(H,26,34)(H,27,30). The van der Waals surface area contributed by atoms with Gasteiger partial charge in [-0.25, -0.2) is 0 Å². The summed E-state index contributed by atoms with van der Waals surface area (Å²) in [5.74, 6) is 1.34. The van der Waals surface area contributed by atoms with Gasteiger partial charge in [0.15, 0.2) is 16.6 Å². The maximum Gasteiger partial charge on any atom is 0.253 e. The number of benzene rings is 2. The third-order valence-corrected chi connectivity index (χ3v) is 6.54. The number of pyridine rings is 1. The Morgan fingerprint density at radius 3 is 2.65 bits per heavy atom. The third kappa shape index (κ3) is 5.32. The number of aromatic nitrogens is 1. The van der Waals surface area contributed by atoms with E-state index < -0.39 is 0 Å². The smallest absolute Gasteiger partial charge is 0.253 e. The number of thiocarbonyl (C=S) groups is 1. The third-order valence-electron chi connectivity index (χ3n) is 6.14. The molecule has 3 heterocycles. The Kier molecular flexibility index (Phi) is 6.94. The molecule has 0 spiro atoms. The monoisotopic (exact) mass is 480 g/mol. The second-order valence-electron chi connectivity index (χ2n) is 8.44. The lowest BCUT2D eigenvalue weighted by molar-refractivity contribution is 0.0357. The lowest BCUT2D eigenvalue weighted by Gasteiger charge is -2.31. The molecule has 3 aromatic rings. The summed E-state index contributed by atoms with van der Waals surface area (Å²) in [6.07, 6.45) is 0. The summed E-state index contributed by atoms with van der Waals surface area (Å²) in [6.45, 7) is 6.09. The van der Waals surface area contributed by atoms with E-state index >= 15 is 0 Å². The fraction of sp³-hybridized carbons (Fsp3) is 0.360. The molecule has 0 amide bonds. The highest BCUT2D eigenvalue weighted by Gasteiger charge is 2.19. The van der Waals surface area contributed by atoms with Crippen LogP contribution in [0.2, 0.25) is 0 Å². The van der Waals surface area contributed by atoms with Crippen molar-refractivity contribution in [3.63, 3.8) is 0 Å². The minimum atomic E-state index is -0.131. The topological polar surface area (TPSA) is 79.1 Å². The van der Waals surface area contributed by atoms with Crippen molar-refractivity contribution < 1.29 is 14.2 Å². The van der Waals surface area contributed by atoms with Crippen LogP contribution in [0.1, 0.15) is 11.1 Å². The first-order chi connectivity index (χ1) is 16.7. The van der Waals surface area contributed by atoms with Gasteiger partial charge in [0, 0.05) is 49.7 Å². The summed E-state index contributed by atoms with van der Waals surface area (Å²) in [4.78, 5) is 20.3. The summed E-state index contributed by atoms with van der Waals surface area (Å²) in [5, 5.41) is 4.89. The van der Waals surface area contributed by atoms with Crippen LogP contribution in [-0.4, -0.2) is 66.1 Å². The zero-order valence-corrected chi connectivity index (χ0v) is 19.7. The van der Waals surface area contributed by atoms with Gasteiger partial charge in [-0.1, -0.05) is 30.3 Å². The van der Waals surface area contributed by atoms with Crippen molar-refractivity contribution in [1.29, 1.82) is 0 Å².